The maximum Gasteiger partial charge on any atom is 0.245 e. The first-order valence-electron chi connectivity index (χ1n) is 21.5. The van der Waals surface area contributed by atoms with Crippen molar-refractivity contribution in [3.05, 3.63) is 120 Å². The topological polar surface area (TPSA) is 148 Å². The van der Waals surface area contributed by atoms with Gasteiger partial charge in [0.25, 0.3) is 0 Å². The number of imidazole rings is 2. The lowest BCUT2D eigenvalue weighted by atomic mass is 9.88. The SMILES string of the molecule is CC(C)C(Nc1ccncc1)C(=O)N1CCCC1c1ncc(C2=Cc3ccc(-c4ccc5nc(C6CCCN6C(=O)C(Nc6ccncc6)C(C)C)[nH]c5c4)cc3CC2)[nH]1. The van der Waals surface area contributed by atoms with Crippen LogP contribution in [0.4, 0.5) is 11.4 Å². The zero-order valence-electron chi connectivity index (χ0n) is 34.9. The molecule has 4 unspecified atom stereocenters. The van der Waals surface area contributed by atoms with Crippen molar-refractivity contribution in [2.24, 2.45) is 11.8 Å². The number of likely N-dealkylation sites (tertiary alicyclic amines) is 2. The van der Waals surface area contributed by atoms with E-state index in [4.69, 9.17) is 9.97 Å². The van der Waals surface area contributed by atoms with Gasteiger partial charge in [-0.1, -0.05) is 52.0 Å². The molecule has 4 N–H and O–H groups in total. The Bertz CT molecular complexity index is 2510. The molecule has 1 aliphatic carbocycles. The number of nitrogens with zero attached hydrogens (tertiary/aromatic N) is 6. The van der Waals surface area contributed by atoms with E-state index in [1.807, 2.05) is 40.3 Å². The number of aryl methyl sites for hydroxylation is 1. The molecule has 6 aromatic rings. The van der Waals surface area contributed by atoms with Gasteiger partial charge in [0.05, 0.1) is 35.0 Å². The summed E-state index contributed by atoms with van der Waals surface area (Å²) in [5.74, 6) is 2.13. The number of carbonyl (C=O) groups excluding carboxylic acids is 2. The Morgan fingerprint density at radius 3 is 1.90 bits per heavy atom. The standard InChI is InChI=1S/C48H54N10O2/c1-29(2)43(52-36-15-19-49-20-16-36)47(59)57-23-5-7-41(57)45-51-28-40(56-45)35-12-11-31-25-32(9-10-33(31)26-35)34-13-14-38-39(27-34)55-46(54-38)42-8-6-24-58(42)48(60)44(30(3)4)53-37-17-21-50-22-18-37/h9-10,13-22,25-30,41-44H,5-8,11-12,23-24H2,1-4H3,(H,49,52)(H,50,53)(H,51,56)(H,54,55). The lowest BCUT2D eigenvalue weighted by Crippen LogP contribution is -2.45. The van der Waals surface area contributed by atoms with Crippen molar-refractivity contribution >= 4 is 45.9 Å². The lowest BCUT2D eigenvalue weighted by Gasteiger charge is -2.31. The van der Waals surface area contributed by atoms with Crippen molar-refractivity contribution in [1.29, 1.82) is 0 Å². The number of pyridine rings is 2. The number of fused-ring (bicyclic) bond motifs is 2. The van der Waals surface area contributed by atoms with Gasteiger partial charge in [0.15, 0.2) is 0 Å². The first-order valence-corrected chi connectivity index (χ1v) is 21.5. The van der Waals surface area contributed by atoms with Crippen LogP contribution in [0.5, 0.6) is 0 Å². The van der Waals surface area contributed by atoms with Gasteiger partial charge in [0, 0.05) is 49.3 Å². The van der Waals surface area contributed by atoms with E-state index in [2.05, 4.69) is 101 Å². The summed E-state index contributed by atoms with van der Waals surface area (Å²) in [5, 5.41) is 6.91. The van der Waals surface area contributed by atoms with Gasteiger partial charge in [-0.2, -0.15) is 0 Å². The van der Waals surface area contributed by atoms with E-state index in [0.717, 1.165) is 95.9 Å². The summed E-state index contributed by atoms with van der Waals surface area (Å²) in [6.45, 7) is 9.76. The van der Waals surface area contributed by atoms with Crippen LogP contribution in [-0.2, 0) is 16.0 Å². The highest BCUT2D eigenvalue weighted by Crippen LogP contribution is 2.37. The number of hydrogen-bond donors (Lipinski definition) is 4. The maximum atomic E-state index is 14.0. The second kappa shape index (κ2) is 16.8. The molecule has 2 aliphatic heterocycles. The van der Waals surface area contributed by atoms with Crippen LogP contribution in [0.3, 0.4) is 0 Å². The van der Waals surface area contributed by atoms with E-state index < -0.39 is 0 Å². The van der Waals surface area contributed by atoms with Crippen LogP contribution in [0.25, 0.3) is 33.8 Å². The summed E-state index contributed by atoms with van der Waals surface area (Å²) in [6.07, 6.45) is 16.6. The Hall–Kier alpha value is -6.30. The van der Waals surface area contributed by atoms with Gasteiger partial charge >= 0.3 is 0 Å². The molecule has 0 radical (unpaired) electrons. The number of aromatic nitrogens is 6. The van der Waals surface area contributed by atoms with Crippen LogP contribution >= 0.6 is 0 Å². The molecular formula is C48H54N10O2. The fourth-order valence-corrected chi connectivity index (χ4v) is 9.19. The zero-order chi connectivity index (χ0) is 41.3. The van der Waals surface area contributed by atoms with E-state index >= 15 is 0 Å². The number of anilines is 2. The molecule has 4 aromatic heterocycles. The summed E-state index contributed by atoms with van der Waals surface area (Å²) in [5.41, 5.74) is 10.7. The molecule has 0 spiro atoms. The Morgan fingerprint density at radius 1 is 0.700 bits per heavy atom. The second-order valence-corrected chi connectivity index (χ2v) is 17.2. The highest BCUT2D eigenvalue weighted by atomic mass is 16.2. The van der Waals surface area contributed by atoms with Gasteiger partial charge in [0.2, 0.25) is 11.8 Å². The Labute approximate surface area is 351 Å². The molecule has 0 bridgehead atoms. The summed E-state index contributed by atoms with van der Waals surface area (Å²) in [4.78, 5) is 57.3. The average molecular weight is 803 g/mol. The van der Waals surface area contributed by atoms with Crippen molar-refractivity contribution < 1.29 is 9.59 Å². The summed E-state index contributed by atoms with van der Waals surface area (Å²) >= 11 is 0. The number of carbonyl (C=O) groups is 2. The molecule has 308 valence electrons. The van der Waals surface area contributed by atoms with E-state index in [9.17, 15) is 9.59 Å². The van der Waals surface area contributed by atoms with Crippen LogP contribution in [0, 0.1) is 11.8 Å². The van der Waals surface area contributed by atoms with Crippen molar-refractivity contribution in [2.75, 3.05) is 23.7 Å². The fraction of sp³-hybridized carbons (Fsp3) is 0.375. The number of benzene rings is 2. The van der Waals surface area contributed by atoms with E-state index in [0.29, 0.717) is 6.54 Å². The van der Waals surface area contributed by atoms with Crippen molar-refractivity contribution in [3.63, 3.8) is 0 Å². The van der Waals surface area contributed by atoms with Gasteiger partial charge in [-0.05, 0) is 121 Å². The maximum absolute atomic E-state index is 14.0. The van der Waals surface area contributed by atoms with Gasteiger partial charge in [-0.25, -0.2) is 9.97 Å². The van der Waals surface area contributed by atoms with Crippen LogP contribution in [-0.4, -0.2) is 76.7 Å². The number of nitrogens with one attached hydrogen (secondary N) is 4. The number of H-pyrrole nitrogens is 2. The Balaban J connectivity index is 0.889. The average Bonchev–Trinajstić information content (AvgIpc) is 4.11. The van der Waals surface area contributed by atoms with Crippen molar-refractivity contribution in [1.82, 2.24) is 39.7 Å². The Morgan fingerprint density at radius 2 is 1.28 bits per heavy atom. The Kier molecular flexibility index (Phi) is 10.9. The summed E-state index contributed by atoms with van der Waals surface area (Å²) < 4.78 is 0. The van der Waals surface area contributed by atoms with Crippen molar-refractivity contribution in [2.45, 2.75) is 90.4 Å². The third-order valence-corrected chi connectivity index (χ3v) is 12.5. The molecule has 2 fully saturated rings. The summed E-state index contributed by atoms with van der Waals surface area (Å²) in [6, 6.07) is 19.9. The number of amides is 2. The number of allylic oxidation sites excluding steroid dienone is 1. The minimum absolute atomic E-state index is 0.0776. The minimum atomic E-state index is -0.347. The lowest BCUT2D eigenvalue weighted by molar-refractivity contribution is -0.134. The first kappa shape index (κ1) is 39.2. The van der Waals surface area contributed by atoms with Gasteiger partial charge in [-0.3, -0.25) is 19.6 Å². The first-order chi connectivity index (χ1) is 29.2. The highest BCUT2D eigenvalue weighted by molar-refractivity contribution is 5.88. The normalized spacial score (nSPS) is 18.8. The zero-order valence-corrected chi connectivity index (χ0v) is 34.9. The predicted molar refractivity (Wildman–Crippen MR) is 237 cm³/mol. The molecule has 12 heteroatoms. The highest BCUT2D eigenvalue weighted by Gasteiger charge is 2.38. The monoisotopic (exact) mass is 802 g/mol. The van der Waals surface area contributed by atoms with Crippen molar-refractivity contribution in [3.8, 4) is 11.1 Å². The molecule has 4 atom stereocenters. The number of rotatable bonds is 12. The summed E-state index contributed by atoms with van der Waals surface area (Å²) in [7, 11) is 0. The molecular weight excluding hydrogens is 749 g/mol. The quantitative estimate of drug-likeness (QED) is 0.0960. The molecule has 6 heterocycles. The van der Waals surface area contributed by atoms with E-state index in [-0.39, 0.29) is 47.8 Å². The third kappa shape index (κ3) is 7.90. The minimum Gasteiger partial charge on any atom is -0.373 e. The molecule has 2 saturated heterocycles. The smallest absolute Gasteiger partial charge is 0.245 e. The largest absolute Gasteiger partial charge is 0.373 e. The van der Waals surface area contributed by atoms with E-state index in [1.165, 1.54) is 16.7 Å². The van der Waals surface area contributed by atoms with Gasteiger partial charge in [0.1, 0.15) is 23.7 Å². The molecule has 2 aromatic carbocycles. The predicted octanol–water partition coefficient (Wildman–Crippen LogP) is 8.83. The van der Waals surface area contributed by atoms with Gasteiger partial charge < -0.3 is 30.4 Å². The van der Waals surface area contributed by atoms with Crippen LogP contribution in [0.15, 0.2) is 91.6 Å². The van der Waals surface area contributed by atoms with E-state index in [1.54, 1.807) is 24.8 Å². The molecule has 3 aliphatic rings. The molecule has 60 heavy (non-hydrogen) atoms. The van der Waals surface area contributed by atoms with Gasteiger partial charge in [-0.15, -0.1) is 0 Å². The molecule has 2 amide bonds. The van der Waals surface area contributed by atoms with Crippen LogP contribution < -0.4 is 10.6 Å². The second-order valence-electron chi connectivity index (χ2n) is 17.2. The third-order valence-electron chi connectivity index (χ3n) is 12.5. The van der Waals surface area contributed by atoms with Crippen LogP contribution in [0.2, 0.25) is 0 Å². The fourth-order valence-electron chi connectivity index (χ4n) is 9.19. The van der Waals surface area contributed by atoms with Crippen LogP contribution in [0.1, 0.15) is 100 Å². The number of aromatic amines is 2. The molecule has 9 rings (SSSR count). The molecule has 0 saturated carbocycles. The molecule has 12 nitrogen and oxygen atoms in total. The number of hydrogen-bond acceptors (Lipinski definition) is 8.